The summed E-state index contributed by atoms with van der Waals surface area (Å²) in [6.45, 7) is -0.335. The molecule has 0 bridgehead atoms. The first-order chi connectivity index (χ1) is 26.2. The van der Waals surface area contributed by atoms with Crippen molar-refractivity contribution in [3.63, 3.8) is 0 Å². The Bertz CT molecular complexity index is 2320. The van der Waals surface area contributed by atoms with Crippen LogP contribution in [0.1, 0.15) is 35.1 Å². The Morgan fingerprint density at radius 1 is 0.929 bits per heavy atom. The van der Waals surface area contributed by atoms with Crippen LogP contribution >= 0.6 is 0 Å². The van der Waals surface area contributed by atoms with E-state index < -0.39 is 69.0 Å². The highest BCUT2D eigenvalue weighted by atomic mass is 32.2. The number of nitriles is 1. The normalized spacial score (nSPS) is 19.4. The lowest BCUT2D eigenvalue weighted by atomic mass is 9.76. The lowest BCUT2D eigenvalue weighted by molar-refractivity contribution is -0.345. The molecule has 6 rings (SSSR count). The first-order valence-corrected chi connectivity index (χ1v) is 18.2. The molecule has 0 radical (unpaired) electrons. The number of aliphatic hydroxyl groups is 2. The highest BCUT2D eigenvalue weighted by Crippen LogP contribution is 2.40. The molecule has 294 valence electrons. The Morgan fingerprint density at radius 2 is 1.55 bits per heavy atom. The summed E-state index contributed by atoms with van der Waals surface area (Å²) in [4.78, 5) is 18.3. The molecule has 56 heavy (non-hydrogen) atoms. The van der Waals surface area contributed by atoms with Crippen LogP contribution in [0.3, 0.4) is 0 Å². The summed E-state index contributed by atoms with van der Waals surface area (Å²) < 4.78 is 122. The third-order valence-electron chi connectivity index (χ3n) is 9.65. The zero-order valence-corrected chi connectivity index (χ0v) is 29.6. The molecular weight excluding hydrogens is 773 g/mol. The van der Waals surface area contributed by atoms with Crippen LogP contribution in [-0.2, 0) is 32.3 Å². The van der Waals surface area contributed by atoms with Crippen LogP contribution in [0.2, 0.25) is 0 Å². The first-order valence-electron chi connectivity index (χ1n) is 16.8. The number of nitrogens with zero attached hydrogens (tertiary/aromatic N) is 2. The number of benzene rings is 4. The molecule has 4 aromatic rings. The minimum atomic E-state index is -5.13. The Morgan fingerprint density at radius 3 is 2.16 bits per heavy atom. The second kappa shape index (κ2) is 15.0. The smallest absolute Gasteiger partial charge is 0.379 e. The SMILES string of the molecule is N#Cc1ccc(NC(=O)C(O)(Cc2cccc(-c3cccc(C4=CC(O)(C(F)(F)F)ON4)c3)c2)C2CCN(S(=O)(=O)c3ccc(F)cc3)CC2)cc1C(F)(F)F. The molecule has 1 saturated heterocycles. The number of piperidine rings is 1. The van der Waals surface area contributed by atoms with Gasteiger partial charge < -0.3 is 15.5 Å². The summed E-state index contributed by atoms with van der Waals surface area (Å²) in [7, 11) is -4.09. The zero-order valence-electron chi connectivity index (χ0n) is 28.8. The Labute approximate surface area is 315 Å². The maximum absolute atomic E-state index is 14.1. The summed E-state index contributed by atoms with van der Waals surface area (Å²) in [5, 5.41) is 33.7. The fourth-order valence-electron chi connectivity index (χ4n) is 6.64. The zero-order chi connectivity index (χ0) is 40.7. The second-order valence-electron chi connectivity index (χ2n) is 13.3. The van der Waals surface area contributed by atoms with Gasteiger partial charge in [0.15, 0.2) is 0 Å². The van der Waals surface area contributed by atoms with Gasteiger partial charge in [0.1, 0.15) is 11.4 Å². The number of hydrogen-bond donors (Lipinski definition) is 4. The van der Waals surface area contributed by atoms with Gasteiger partial charge in [0.2, 0.25) is 10.0 Å². The van der Waals surface area contributed by atoms with E-state index in [1.165, 1.54) is 24.3 Å². The lowest BCUT2D eigenvalue weighted by Crippen LogP contribution is -2.54. The van der Waals surface area contributed by atoms with E-state index in [1.807, 2.05) is 0 Å². The van der Waals surface area contributed by atoms with Crippen molar-refractivity contribution in [2.75, 3.05) is 18.4 Å². The molecular formula is C38H31F7N4O6S. The van der Waals surface area contributed by atoms with E-state index in [0.29, 0.717) is 28.8 Å². The van der Waals surface area contributed by atoms with E-state index in [2.05, 4.69) is 15.6 Å². The van der Waals surface area contributed by atoms with E-state index in [9.17, 15) is 59.4 Å². The molecule has 4 N–H and O–H groups in total. The van der Waals surface area contributed by atoms with Crippen LogP contribution in [0.5, 0.6) is 0 Å². The summed E-state index contributed by atoms with van der Waals surface area (Å²) >= 11 is 0. The van der Waals surface area contributed by atoms with Crippen LogP contribution in [-0.4, -0.2) is 59.5 Å². The quantitative estimate of drug-likeness (QED) is 0.140. The molecule has 2 atom stereocenters. The highest BCUT2D eigenvalue weighted by Gasteiger charge is 2.57. The number of anilines is 1. The van der Waals surface area contributed by atoms with E-state index in [1.54, 1.807) is 30.3 Å². The lowest BCUT2D eigenvalue weighted by Gasteiger charge is -2.40. The van der Waals surface area contributed by atoms with Gasteiger partial charge >= 0.3 is 18.1 Å². The van der Waals surface area contributed by atoms with E-state index in [-0.39, 0.29) is 47.8 Å². The van der Waals surface area contributed by atoms with Crippen molar-refractivity contribution in [3.8, 4) is 17.2 Å². The van der Waals surface area contributed by atoms with Crippen LogP contribution in [0.25, 0.3) is 16.8 Å². The second-order valence-corrected chi connectivity index (χ2v) is 15.2. The molecule has 0 saturated carbocycles. The van der Waals surface area contributed by atoms with Crippen LogP contribution in [0, 0.1) is 23.1 Å². The molecule has 1 fully saturated rings. The first kappa shape index (κ1) is 40.3. The van der Waals surface area contributed by atoms with Crippen molar-refractivity contribution in [1.29, 1.82) is 5.26 Å². The molecule has 2 aliphatic rings. The number of sulfonamides is 1. The van der Waals surface area contributed by atoms with Crippen molar-refractivity contribution >= 4 is 27.3 Å². The van der Waals surface area contributed by atoms with Crippen molar-refractivity contribution < 1.29 is 59.0 Å². The predicted molar refractivity (Wildman–Crippen MR) is 186 cm³/mol. The highest BCUT2D eigenvalue weighted by molar-refractivity contribution is 7.89. The summed E-state index contributed by atoms with van der Waals surface area (Å²) in [6, 6.07) is 20.7. The summed E-state index contributed by atoms with van der Waals surface area (Å²) in [5.74, 6) is -6.24. The van der Waals surface area contributed by atoms with Crippen LogP contribution in [0.15, 0.2) is 102 Å². The molecule has 0 spiro atoms. The molecule has 1 amide bonds. The standard InChI is InChI=1S/C38H31F7N4O6S/c39-29-8-11-31(12-9-29)56(53,54)49-15-13-28(14-16-49)35(51,34(50)47-30-10-7-27(22-46)32(19-30)37(40,41)42)20-23-3-1-4-24(17-23)25-5-2-6-26(18-25)33-21-36(52,55-48-33)38(43,44)45/h1-12,17-19,21,28,48,51-52H,13-16,20H2,(H,47,50). The van der Waals surface area contributed by atoms with Gasteiger partial charge in [-0.05, 0) is 84.0 Å². The molecule has 18 heteroatoms. The Hall–Kier alpha value is -5.32. The fourth-order valence-corrected chi connectivity index (χ4v) is 8.11. The maximum atomic E-state index is 14.1. The van der Waals surface area contributed by atoms with Gasteiger partial charge in [0.25, 0.3) is 5.91 Å². The van der Waals surface area contributed by atoms with Crippen molar-refractivity contribution in [2.24, 2.45) is 5.92 Å². The van der Waals surface area contributed by atoms with Crippen molar-refractivity contribution in [2.45, 2.75) is 47.9 Å². The number of alkyl halides is 6. The van der Waals surface area contributed by atoms with Gasteiger partial charge in [-0.2, -0.15) is 35.9 Å². The van der Waals surface area contributed by atoms with Gasteiger partial charge in [-0.1, -0.05) is 42.5 Å². The third-order valence-corrected chi connectivity index (χ3v) is 11.6. The van der Waals surface area contributed by atoms with Gasteiger partial charge in [-0.3, -0.25) is 10.3 Å². The molecule has 0 aromatic heterocycles. The van der Waals surface area contributed by atoms with Gasteiger partial charge in [0, 0.05) is 36.8 Å². The topological polar surface area (TPSA) is 152 Å². The molecule has 2 aliphatic heterocycles. The number of hydrogen-bond acceptors (Lipinski definition) is 8. The number of carbonyl (C=O) groups is 1. The monoisotopic (exact) mass is 804 g/mol. The Balaban J connectivity index is 1.30. The minimum absolute atomic E-state index is 0.0677. The largest absolute Gasteiger partial charge is 0.449 e. The Kier molecular flexibility index (Phi) is 10.8. The molecule has 0 aliphatic carbocycles. The van der Waals surface area contributed by atoms with Gasteiger partial charge in [-0.15, -0.1) is 0 Å². The van der Waals surface area contributed by atoms with E-state index >= 15 is 0 Å². The van der Waals surface area contributed by atoms with Crippen molar-refractivity contribution in [1.82, 2.24) is 9.79 Å². The van der Waals surface area contributed by atoms with Gasteiger partial charge in [-0.25, -0.2) is 17.6 Å². The van der Waals surface area contributed by atoms with Crippen LogP contribution in [0.4, 0.5) is 36.4 Å². The molecule has 2 heterocycles. The molecule has 4 aromatic carbocycles. The van der Waals surface area contributed by atoms with Crippen molar-refractivity contribution in [3.05, 3.63) is 125 Å². The number of nitrogens with one attached hydrogen (secondary N) is 2. The number of hydroxylamine groups is 1. The minimum Gasteiger partial charge on any atom is -0.379 e. The third kappa shape index (κ3) is 8.13. The summed E-state index contributed by atoms with van der Waals surface area (Å²) in [5.41, 5.74) is -1.27. The predicted octanol–water partition coefficient (Wildman–Crippen LogP) is 6.52. The number of amides is 1. The average molecular weight is 805 g/mol. The fraction of sp³-hybridized carbons (Fsp3) is 0.263. The number of rotatable bonds is 9. The average Bonchev–Trinajstić information content (AvgIpc) is 3.58. The van der Waals surface area contributed by atoms with E-state index in [0.717, 1.165) is 40.7 Å². The molecule has 2 unspecified atom stereocenters. The van der Waals surface area contributed by atoms with E-state index in [4.69, 9.17) is 0 Å². The number of carbonyl (C=O) groups excluding carboxylic acids is 1. The van der Waals surface area contributed by atoms with Gasteiger partial charge in [0.05, 0.1) is 27.8 Å². The number of halogens is 7. The van der Waals surface area contributed by atoms with Crippen LogP contribution < -0.4 is 10.8 Å². The molecule has 10 nitrogen and oxygen atoms in total. The maximum Gasteiger partial charge on any atom is 0.449 e. The summed E-state index contributed by atoms with van der Waals surface area (Å²) in [6.07, 6.45) is -10.2.